The van der Waals surface area contributed by atoms with Crippen LogP contribution in [0.25, 0.3) is 5.65 Å². The summed E-state index contributed by atoms with van der Waals surface area (Å²) in [6.07, 6.45) is 4.97. The van der Waals surface area contributed by atoms with Crippen LogP contribution in [0.3, 0.4) is 0 Å². The van der Waals surface area contributed by atoms with E-state index in [0.29, 0.717) is 17.3 Å². The summed E-state index contributed by atoms with van der Waals surface area (Å²) in [5, 5.41) is 17.5. The number of nitrogens with two attached hydrogens (primary N) is 1. The number of fused-ring (bicyclic) bond motifs is 1. The standard InChI is InChI=1S/C10H9N7/c11-1-4-16(5-2-12)10-9-14-3-6-17(9)7-8(13)15-10/h3,6-7H,4-5,13H2. The Labute approximate surface area is 97.3 Å². The fraction of sp³-hybridized carbons (Fsp3) is 0.200. The summed E-state index contributed by atoms with van der Waals surface area (Å²) in [7, 11) is 0. The molecule has 84 valence electrons. The third kappa shape index (κ3) is 1.94. The van der Waals surface area contributed by atoms with Crippen molar-refractivity contribution in [1.82, 2.24) is 14.4 Å². The quantitative estimate of drug-likeness (QED) is 0.748. The third-order valence-electron chi connectivity index (χ3n) is 2.20. The van der Waals surface area contributed by atoms with E-state index in [0.717, 1.165) is 0 Å². The van der Waals surface area contributed by atoms with Crippen LogP contribution >= 0.6 is 0 Å². The van der Waals surface area contributed by atoms with Gasteiger partial charge >= 0.3 is 0 Å². The Bertz CT molecular complexity index is 600. The fourth-order valence-corrected chi connectivity index (χ4v) is 1.52. The second-order valence-corrected chi connectivity index (χ2v) is 3.32. The van der Waals surface area contributed by atoms with Crippen LogP contribution in [-0.4, -0.2) is 27.5 Å². The molecule has 0 spiro atoms. The minimum absolute atomic E-state index is 0.0620. The van der Waals surface area contributed by atoms with Crippen LogP contribution < -0.4 is 10.6 Å². The van der Waals surface area contributed by atoms with Gasteiger partial charge in [0.15, 0.2) is 11.5 Å². The van der Waals surface area contributed by atoms with E-state index in [2.05, 4.69) is 9.97 Å². The highest BCUT2D eigenvalue weighted by molar-refractivity contribution is 5.67. The normalized spacial score (nSPS) is 9.76. The largest absolute Gasteiger partial charge is 0.382 e. The molecule has 2 aromatic rings. The van der Waals surface area contributed by atoms with Gasteiger partial charge in [0.1, 0.15) is 18.9 Å². The van der Waals surface area contributed by atoms with Crippen molar-refractivity contribution >= 4 is 17.3 Å². The number of hydrogen-bond acceptors (Lipinski definition) is 6. The summed E-state index contributed by atoms with van der Waals surface area (Å²) in [6.45, 7) is 0.124. The molecular weight excluding hydrogens is 218 g/mol. The number of imidazole rings is 1. The van der Waals surface area contributed by atoms with E-state index in [4.69, 9.17) is 16.3 Å². The molecule has 0 saturated carbocycles. The Hall–Kier alpha value is -2.80. The fourth-order valence-electron chi connectivity index (χ4n) is 1.52. The first kappa shape index (κ1) is 10.7. The van der Waals surface area contributed by atoms with Crippen LogP contribution in [-0.2, 0) is 0 Å². The van der Waals surface area contributed by atoms with Gasteiger partial charge in [0, 0.05) is 12.4 Å². The Morgan fingerprint density at radius 3 is 2.71 bits per heavy atom. The van der Waals surface area contributed by atoms with Crippen molar-refractivity contribution in [2.24, 2.45) is 0 Å². The van der Waals surface area contributed by atoms with Crippen LogP contribution in [0, 0.1) is 22.7 Å². The summed E-state index contributed by atoms with van der Waals surface area (Å²) in [5.74, 6) is 0.754. The van der Waals surface area contributed by atoms with Crippen LogP contribution in [0.15, 0.2) is 18.6 Å². The van der Waals surface area contributed by atoms with Crippen molar-refractivity contribution < 1.29 is 0 Å². The van der Waals surface area contributed by atoms with E-state index in [1.807, 2.05) is 12.1 Å². The number of anilines is 2. The van der Waals surface area contributed by atoms with Crippen molar-refractivity contribution in [2.75, 3.05) is 23.7 Å². The van der Waals surface area contributed by atoms with Crippen molar-refractivity contribution in [3.05, 3.63) is 18.6 Å². The zero-order chi connectivity index (χ0) is 12.3. The molecule has 17 heavy (non-hydrogen) atoms. The predicted octanol–water partition coefficient (Wildman–Crippen LogP) is 0.165. The van der Waals surface area contributed by atoms with Crippen molar-refractivity contribution in [3.63, 3.8) is 0 Å². The van der Waals surface area contributed by atoms with Gasteiger partial charge < -0.3 is 15.0 Å². The highest BCUT2D eigenvalue weighted by atomic mass is 15.2. The predicted molar refractivity (Wildman–Crippen MR) is 60.8 cm³/mol. The molecule has 0 aromatic carbocycles. The zero-order valence-electron chi connectivity index (χ0n) is 8.91. The molecule has 0 unspecified atom stereocenters. The summed E-state index contributed by atoms with van der Waals surface area (Å²) in [4.78, 5) is 9.79. The Morgan fingerprint density at radius 1 is 1.35 bits per heavy atom. The van der Waals surface area contributed by atoms with E-state index in [-0.39, 0.29) is 13.1 Å². The number of aromatic nitrogens is 3. The molecule has 0 fully saturated rings. The summed E-state index contributed by atoms with van der Waals surface area (Å²) < 4.78 is 1.71. The van der Waals surface area contributed by atoms with E-state index in [1.54, 1.807) is 23.0 Å². The molecule has 2 aromatic heterocycles. The molecule has 0 amide bonds. The van der Waals surface area contributed by atoms with Gasteiger partial charge in [-0.15, -0.1) is 0 Å². The first-order chi connectivity index (χ1) is 8.26. The third-order valence-corrected chi connectivity index (χ3v) is 2.20. The van der Waals surface area contributed by atoms with Crippen LogP contribution in [0.2, 0.25) is 0 Å². The van der Waals surface area contributed by atoms with Gasteiger partial charge in [-0.3, -0.25) is 0 Å². The first-order valence-electron chi connectivity index (χ1n) is 4.84. The smallest absolute Gasteiger partial charge is 0.180 e. The molecule has 7 heteroatoms. The monoisotopic (exact) mass is 227 g/mol. The van der Waals surface area contributed by atoms with E-state index in [9.17, 15) is 0 Å². The lowest BCUT2D eigenvalue weighted by Crippen LogP contribution is -2.26. The maximum atomic E-state index is 8.73. The van der Waals surface area contributed by atoms with E-state index in [1.165, 1.54) is 4.90 Å². The lowest BCUT2D eigenvalue weighted by molar-refractivity contribution is 0.929. The molecule has 2 heterocycles. The Morgan fingerprint density at radius 2 is 2.06 bits per heavy atom. The number of nitrogens with zero attached hydrogens (tertiary/aromatic N) is 6. The van der Waals surface area contributed by atoms with Gasteiger partial charge in [0.05, 0.1) is 18.3 Å². The average Bonchev–Trinajstić information content (AvgIpc) is 2.75. The molecule has 0 radical (unpaired) electrons. The average molecular weight is 227 g/mol. The van der Waals surface area contributed by atoms with Gasteiger partial charge in [0.2, 0.25) is 0 Å². The maximum absolute atomic E-state index is 8.73. The highest BCUT2D eigenvalue weighted by Crippen LogP contribution is 2.18. The Kier molecular flexibility index (Phi) is 2.75. The van der Waals surface area contributed by atoms with Crippen molar-refractivity contribution in [3.8, 4) is 12.1 Å². The van der Waals surface area contributed by atoms with Crippen LogP contribution in [0.1, 0.15) is 0 Å². The summed E-state index contributed by atoms with van der Waals surface area (Å²) >= 11 is 0. The number of rotatable bonds is 3. The van der Waals surface area contributed by atoms with Crippen molar-refractivity contribution in [2.45, 2.75) is 0 Å². The maximum Gasteiger partial charge on any atom is 0.180 e. The van der Waals surface area contributed by atoms with E-state index < -0.39 is 0 Å². The van der Waals surface area contributed by atoms with Crippen molar-refractivity contribution in [1.29, 1.82) is 10.5 Å². The number of nitrogen functional groups attached to an aromatic ring is 1. The second-order valence-electron chi connectivity index (χ2n) is 3.32. The van der Waals surface area contributed by atoms with Gasteiger partial charge in [-0.2, -0.15) is 10.5 Å². The minimum Gasteiger partial charge on any atom is -0.382 e. The highest BCUT2D eigenvalue weighted by Gasteiger charge is 2.13. The number of nitriles is 2. The molecule has 0 aliphatic heterocycles. The SMILES string of the molecule is N#CCN(CC#N)c1nc(N)cn2ccnc12. The number of hydrogen-bond donors (Lipinski definition) is 1. The lowest BCUT2D eigenvalue weighted by Gasteiger charge is -2.17. The first-order valence-corrected chi connectivity index (χ1v) is 4.84. The van der Waals surface area contributed by atoms with Crippen LogP contribution in [0.4, 0.5) is 11.6 Å². The molecule has 0 saturated heterocycles. The van der Waals surface area contributed by atoms with Gasteiger partial charge in [-0.05, 0) is 0 Å². The van der Waals surface area contributed by atoms with Crippen LogP contribution in [0.5, 0.6) is 0 Å². The molecule has 2 N–H and O–H groups in total. The topological polar surface area (TPSA) is 107 Å². The van der Waals surface area contributed by atoms with Gasteiger partial charge in [-0.25, -0.2) is 9.97 Å². The molecule has 2 rings (SSSR count). The molecular formula is C10H9N7. The Balaban J connectivity index is 2.56. The molecule has 0 bridgehead atoms. The summed E-state index contributed by atoms with van der Waals surface area (Å²) in [5.41, 5.74) is 6.24. The lowest BCUT2D eigenvalue weighted by atomic mass is 10.4. The van der Waals surface area contributed by atoms with E-state index >= 15 is 0 Å². The minimum atomic E-state index is 0.0620. The molecule has 0 aliphatic carbocycles. The van der Waals surface area contributed by atoms with Gasteiger partial charge in [-0.1, -0.05) is 0 Å². The molecule has 7 nitrogen and oxygen atoms in total. The zero-order valence-corrected chi connectivity index (χ0v) is 8.91. The molecule has 0 aliphatic rings. The summed E-state index contributed by atoms with van der Waals surface area (Å²) in [6, 6.07) is 3.97. The molecule has 0 atom stereocenters. The second kappa shape index (κ2) is 4.37. The van der Waals surface area contributed by atoms with Gasteiger partial charge in [0.25, 0.3) is 0 Å².